The molecule has 1 heterocycles. The molecule has 2 amide bonds. The van der Waals surface area contributed by atoms with Crippen LogP contribution in [0, 0.1) is 0 Å². The Morgan fingerprint density at radius 2 is 1.57 bits per heavy atom. The van der Waals surface area contributed by atoms with Gasteiger partial charge >= 0.3 is 0 Å². The Kier molecular flexibility index (Phi) is 6.11. The van der Waals surface area contributed by atoms with E-state index in [0.717, 1.165) is 37.1 Å². The van der Waals surface area contributed by atoms with Gasteiger partial charge < -0.3 is 10.6 Å². The molecule has 0 bridgehead atoms. The number of hydrogen-bond acceptors (Lipinski definition) is 5. The van der Waals surface area contributed by atoms with Gasteiger partial charge in [-0.3, -0.25) is 9.59 Å². The molecule has 0 aliphatic carbocycles. The van der Waals surface area contributed by atoms with Crippen molar-refractivity contribution in [3.8, 4) is 10.6 Å². The largest absolute Gasteiger partial charge is 0.326 e. The van der Waals surface area contributed by atoms with Crippen LogP contribution in [0.2, 0.25) is 0 Å². The number of rotatable bonds is 6. The van der Waals surface area contributed by atoms with Crippen LogP contribution in [0.1, 0.15) is 6.92 Å². The summed E-state index contributed by atoms with van der Waals surface area (Å²) in [5, 5.41) is 6.61. The van der Waals surface area contributed by atoms with Crippen LogP contribution in [-0.2, 0) is 9.59 Å². The summed E-state index contributed by atoms with van der Waals surface area (Å²) in [6, 6.07) is 23.2. The highest BCUT2D eigenvalue weighted by atomic mass is 32.2. The maximum absolute atomic E-state index is 12.3. The topological polar surface area (TPSA) is 71.1 Å². The third-order valence-corrected chi connectivity index (χ3v) is 6.35. The van der Waals surface area contributed by atoms with E-state index in [1.54, 1.807) is 11.3 Å². The predicted molar refractivity (Wildman–Crippen MR) is 125 cm³/mol. The lowest BCUT2D eigenvalue weighted by molar-refractivity contribution is -0.114. The Hall–Kier alpha value is -3.16. The molecule has 0 spiro atoms. The lowest BCUT2D eigenvalue weighted by atomic mass is 10.2. The SMILES string of the molecule is CC(=O)Nc1ccc(SCC(=O)Nc2ccc(-c3nc4ccccc4s3)cc2)cc1. The number of thiazole rings is 1. The number of nitrogens with one attached hydrogen (secondary N) is 2. The summed E-state index contributed by atoms with van der Waals surface area (Å²) >= 11 is 3.10. The monoisotopic (exact) mass is 433 g/mol. The van der Waals surface area contributed by atoms with Crippen LogP contribution in [-0.4, -0.2) is 22.6 Å². The molecule has 1 aromatic heterocycles. The van der Waals surface area contributed by atoms with Gasteiger partial charge in [0, 0.05) is 28.8 Å². The number of thioether (sulfide) groups is 1. The van der Waals surface area contributed by atoms with Crippen molar-refractivity contribution in [1.29, 1.82) is 0 Å². The van der Waals surface area contributed by atoms with Gasteiger partial charge in [0.1, 0.15) is 5.01 Å². The van der Waals surface area contributed by atoms with E-state index in [9.17, 15) is 9.59 Å². The van der Waals surface area contributed by atoms with Crippen LogP contribution in [0.3, 0.4) is 0 Å². The fourth-order valence-electron chi connectivity index (χ4n) is 2.88. The molecule has 0 aliphatic rings. The molecule has 30 heavy (non-hydrogen) atoms. The lowest BCUT2D eigenvalue weighted by Crippen LogP contribution is -2.13. The Morgan fingerprint density at radius 1 is 0.900 bits per heavy atom. The summed E-state index contributed by atoms with van der Waals surface area (Å²) in [4.78, 5) is 29.0. The molecule has 4 aromatic rings. The maximum Gasteiger partial charge on any atom is 0.234 e. The molecule has 0 saturated carbocycles. The molecule has 0 unspecified atom stereocenters. The van der Waals surface area contributed by atoms with E-state index in [1.807, 2.05) is 66.7 Å². The third-order valence-electron chi connectivity index (χ3n) is 4.25. The molecule has 3 aromatic carbocycles. The number of benzene rings is 3. The lowest BCUT2D eigenvalue weighted by Gasteiger charge is -2.07. The van der Waals surface area contributed by atoms with Crippen molar-refractivity contribution in [3.05, 3.63) is 72.8 Å². The Bertz CT molecular complexity index is 1150. The zero-order valence-corrected chi connectivity index (χ0v) is 17.8. The van der Waals surface area contributed by atoms with E-state index in [1.165, 1.54) is 18.7 Å². The number of carbonyl (C=O) groups is 2. The van der Waals surface area contributed by atoms with Gasteiger partial charge in [0.05, 0.1) is 16.0 Å². The summed E-state index contributed by atoms with van der Waals surface area (Å²) in [6.07, 6.45) is 0. The van der Waals surface area contributed by atoms with Crippen LogP contribution in [0.4, 0.5) is 11.4 Å². The zero-order chi connectivity index (χ0) is 20.9. The summed E-state index contributed by atoms with van der Waals surface area (Å²) < 4.78 is 1.16. The molecule has 2 N–H and O–H groups in total. The molecule has 5 nitrogen and oxygen atoms in total. The minimum atomic E-state index is -0.107. The first-order chi connectivity index (χ1) is 14.6. The number of anilines is 2. The normalized spacial score (nSPS) is 10.7. The minimum Gasteiger partial charge on any atom is -0.326 e. The highest BCUT2D eigenvalue weighted by molar-refractivity contribution is 8.00. The first-order valence-corrected chi connectivity index (χ1v) is 11.1. The van der Waals surface area contributed by atoms with Gasteiger partial charge in [0.25, 0.3) is 0 Å². The molecule has 7 heteroatoms. The Labute approximate surface area is 182 Å². The summed E-state index contributed by atoms with van der Waals surface area (Å²) in [5.41, 5.74) is 3.52. The molecule has 0 fully saturated rings. The number of para-hydroxylation sites is 1. The van der Waals surface area contributed by atoms with Crippen LogP contribution < -0.4 is 10.6 Å². The second-order valence-corrected chi connectivity index (χ2v) is 8.69. The van der Waals surface area contributed by atoms with Crippen LogP contribution >= 0.6 is 23.1 Å². The smallest absolute Gasteiger partial charge is 0.234 e. The van der Waals surface area contributed by atoms with Crippen molar-refractivity contribution in [2.75, 3.05) is 16.4 Å². The van der Waals surface area contributed by atoms with Gasteiger partial charge in [0.2, 0.25) is 11.8 Å². The number of carbonyl (C=O) groups excluding carboxylic acids is 2. The minimum absolute atomic E-state index is 0.0707. The second-order valence-electron chi connectivity index (χ2n) is 6.61. The number of fused-ring (bicyclic) bond motifs is 1. The van der Waals surface area contributed by atoms with Crippen molar-refractivity contribution < 1.29 is 9.59 Å². The number of hydrogen-bond donors (Lipinski definition) is 2. The molecule has 4 rings (SSSR count). The van der Waals surface area contributed by atoms with Crippen molar-refractivity contribution in [2.24, 2.45) is 0 Å². The fraction of sp³-hybridized carbons (Fsp3) is 0.0870. The first kappa shape index (κ1) is 20.1. The number of nitrogens with zero attached hydrogens (tertiary/aromatic N) is 1. The Balaban J connectivity index is 1.32. The average Bonchev–Trinajstić information content (AvgIpc) is 3.18. The van der Waals surface area contributed by atoms with E-state index < -0.39 is 0 Å². The standard InChI is InChI=1S/C23H19N3O2S2/c1-15(27)24-17-10-12-19(13-11-17)29-14-22(28)25-18-8-6-16(7-9-18)23-26-20-4-2-3-5-21(20)30-23/h2-13H,14H2,1H3,(H,24,27)(H,25,28). The van der Waals surface area contributed by atoms with Crippen molar-refractivity contribution in [3.63, 3.8) is 0 Å². The van der Waals surface area contributed by atoms with Gasteiger partial charge in [-0.05, 0) is 60.7 Å². The van der Waals surface area contributed by atoms with E-state index in [4.69, 9.17) is 0 Å². The van der Waals surface area contributed by atoms with E-state index in [2.05, 4.69) is 21.7 Å². The van der Waals surface area contributed by atoms with E-state index in [0.29, 0.717) is 5.75 Å². The van der Waals surface area contributed by atoms with Gasteiger partial charge in [-0.15, -0.1) is 23.1 Å². The van der Waals surface area contributed by atoms with E-state index >= 15 is 0 Å². The average molecular weight is 434 g/mol. The third kappa shape index (κ3) is 5.06. The molecular weight excluding hydrogens is 414 g/mol. The molecular formula is C23H19N3O2S2. The highest BCUT2D eigenvalue weighted by Crippen LogP contribution is 2.30. The van der Waals surface area contributed by atoms with Gasteiger partial charge in [-0.1, -0.05) is 12.1 Å². The number of aromatic nitrogens is 1. The van der Waals surface area contributed by atoms with Crippen molar-refractivity contribution >= 4 is 56.5 Å². The first-order valence-electron chi connectivity index (χ1n) is 9.33. The molecule has 0 atom stereocenters. The molecule has 0 radical (unpaired) electrons. The molecule has 0 saturated heterocycles. The van der Waals surface area contributed by atoms with Gasteiger partial charge in [0.15, 0.2) is 0 Å². The van der Waals surface area contributed by atoms with Crippen LogP contribution in [0.25, 0.3) is 20.8 Å². The molecule has 0 aliphatic heterocycles. The van der Waals surface area contributed by atoms with Crippen LogP contribution in [0.15, 0.2) is 77.7 Å². The van der Waals surface area contributed by atoms with Gasteiger partial charge in [-0.25, -0.2) is 4.98 Å². The van der Waals surface area contributed by atoms with Gasteiger partial charge in [-0.2, -0.15) is 0 Å². The molecule has 150 valence electrons. The Morgan fingerprint density at radius 3 is 2.27 bits per heavy atom. The number of amides is 2. The zero-order valence-electron chi connectivity index (χ0n) is 16.2. The summed E-state index contributed by atoms with van der Waals surface area (Å²) in [7, 11) is 0. The van der Waals surface area contributed by atoms with Crippen molar-refractivity contribution in [1.82, 2.24) is 4.98 Å². The summed E-state index contributed by atoms with van der Waals surface area (Å²) in [5.74, 6) is 0.127. The quantitative estimate of drug-likeness (QED) is 0.385. The maximum atomic E-state index is 12.3. The second kappa shape index (κ2) is 9.11. The van der Waals surface area contributed by atoms with Crippen LogP contribution in [0.5, 0.6) is 0 Å². The van der Waals surface area contributed by atoms with E-state index in [-0.39, 0.29) is 11.8 Å². The predicted octanol–water partition coefficient (Wildman–Crippen LogP) is 5.65. The fourth-order valence-corrected chi connectivity index (χ4v) is 4.55. The summed E-state index contributed by atoms with van der Waals surface area (Å²) in [6.45, 7) is 1.47. The highest BCUT2D eigenvalue weighted by Gasteiger charge is 2.08. The van der Waals surface area contributed by atoms with Crippen molar-refractivity contribution in [2.45, 2.75) is 11.8 Å².